The van der Waals surface area contributed by atoms with Crippen LogP contribution in [-0.4, -0.2) is 23.0 Å². The van der Waals surface area contributed by atoms with Crippen molar-refractivity contribution in [3.05, 3.63) is 0 Å². The van der Waals surface area contributed by atoms with Gasteiger partial charge in [0.05, 0.1) is 5.92 Å². The van der Waals surface area contributed by atoms with Crippen molar-refractivity contribution >= 4 is 17.9 Å². The first-order valence-electron chi connectivity index (χ1n) is 3.08. The maximum Gasteiger partial charge on any atom is 0.332 e. The average molecular weight is 156 g/mol. The number of ether oxygens (including phenoxy) is 1. The summed E-state index contributed by atoms with van der Waals surface area (Å²) in [5.74, 6) is -3.57. The molecule has 1 saturated heterocycles. The number of fused-ring (bicyclic) bond motifs is 1. The minimum Gasteiger partial charge on any atom is -0.480 e. The molecule has 2 atom stereocenters. The van der Waals surface area contributed by atoms with Crippen LogP contribution in [0.1, 0.15) is 6.42 Å². The molecule has 0 aromatic heterocycles. The fraction of sp³-hybridized carbons (Fsp3) is 0.500. The topological polar surface area (TPSA) is 80.7 Å². The highest BCUT2D eigenvalue weighted by Crippen LogP contribution is 2.58. The number of hydrogen-bond donors (Lipinski definition) is 1. The van der Waals surface area contributed by atoms with Crippen LogP contribution in [0.3, 0.4) is 0 Å². The van der Waals surface area contributed by atoms with Gasteiger partial charge in [-0.15, -0.1) is 0 Å². The van der Waals surface area contributed by atoms with Gasteiger partial charge in [0.15, 0.2) is 5.41 Å². The van der Waals surface area contributed by atoms with Gasteiger partial charge in [-0.25, -0.2) is 0 Å². The molecule has 11 heavy (non-hydrogen) atoms. The van der Waals surface area contributed by atoms with Crippen molar-refractivity contribution in [2.24, 2.45) is 11.3 Å². The lowest BCUT2D eigenvalue weighted by Crippen LogP contribution is -2.23. The number of carbonyl (C=O) groups is 3. The molecule has 0 bridgehead atoms. The van der Waals surface area contributed by atoms with Crippen LogP contribution in [0.5, 0.6) is 0 Å². The molecule has 0 aromatic carbocycles. The fourth-order valence-corrected chi connectivity index (χ4v) is 1.35. The van der Waals surface area contributed by atoms with Crippen molar-refractivity contribution in [3.63, 3.8) is 0 Å². The maximum atomic E-state index is 10.8. The largest absolute Gasteiger partial charge is 0.480 e. The van der Waals surface area contributed by atoms with Crippen molar-refractivity contribution in [3.8, 4) is 0 Å². The molecule has 2 aliphatic rings. The Balaban J connectivity index is 2.40. The van der Waals surface area contributed by atoms with E-state index >= 15 is 0 Å². The minimum atomic E-state index is -1.50. The summed E-state index contributed by atoms with van der Waals surface area (Å²) in [6, 6.07) is 0. The number of aliphatic carboxylic acids is 1. The molecule has 58 valence electrons. The summed E-state index contributed by atoms with van der Waals surface area (Å²) in [6.45, 7) is 0. The first-order chi connectivity index (χ1) is 5.09. The number of esters is 2. The summed E-state index contributed by atoms with van der Waals surface area (Å²) >= 11 is 0. The average Bonchev–Trinajstić information content (AvgIpc) is 2.56. The van der Waals surface area contributed by atoms with E-state index < -0.39 is 29.2 Å². The third-order valence-electron chi connectivity index (χ3n) is 2.18. The molecule has 1 aliphatic heterocycles. The number of carboxylic acids is 1. The molecule has 0 spiro atoms. The lowest BCUT2D eigenvalue weighted by Gasteiger charge is -1.98. The highest BCUT2D eigenvalue weighted by atomic mass is 16.6. The maximum absolute atomic E-state index is 10.8. The number of hydrogen-bond acceptors (Lipinski definition) is 4. The lowest BCUT2D eigenvalue weighted by atomic mass is 10.1. The first-order valence-corrected chi connectivity index (χ1v) is 3.08. The predicted molar refractivity (Wildman–Crippen MR) is 29.3 cm³/mol. The summed E-state index contributed by atoms with van der Waals surface area (Å²) in [5, 5.41) is 8.55. The summed E-state index contributed by atoms with van der Waals surface area (Å²) in [4.78, 5) is 31.9. The van der Waals surface area contributed by atoms with Crippen molar-refractivity contribution in [2.75, 3.05) is 0 Å². The van der Waals surface area contributed by atoms with Gasteiger partial charge in [-0.2, -0.15) is 0 Å². The Bertz CT molecular complexity index is 281. The third-order valence-corrected chi connectivity index (χ3v) is 2.18. The summed E-state index contributed by atoms with van der Waals surface area (Å²) in [5.41, 5.74) is -1.50. The number of carbonyl (C=O) groups excluding carboxylic acids is 2. The number of rotatable bonds is 1. The number of cyclic esters (lactones) is 2. The molecule has 0 radical (unpaired) electrons. The Morgan fingerprint density at radius 1 is 1.64 bits per heavy atom. The van der Waals surface area contributed by atoms with Crippen LogP contribution in [0.25, 0.3) is 0 Å². The van der Waals surface area contributed by atoms with Crippen molar-refractivity contribution in [1.82, 2.24) is 0 Å². The first kappa shape index (κ1) is 6.33. The molecule has 5 heteroatoms. The zero-order chi connectivity index (χ0) is 8.22. The zero-order valence-electron chi connectivity index (χ0n) is 5.36. The van der Waals surface area contributed by atoms with Crippen LogP contribution in [0.15, 0.2) is 0 Å². The van der Waals surface area contributed by atoms with Gasteiger partial charge in [0.25, 0.3) is 0 Å². The van der Waals surface area contributed by atoms with E-state index in [1.54, 1.807) is 0 Å². The second-order valence-corrected chi connectivity index (χ2v) is 2.74. The molecule has 1 N–H and O–H groups in total. The lowest BCUT2D eigenvalue weighted by molar-refractivity contribution is -0.160. The molecule has 2 unspecified atom stereocenters. The van der Waals surface area contributed by atoms with Gasteiger partial charge in [-0.05, 0) is 6.42 Å². The summed E-state index contributed by atoms with van der Waals surface area (Å²) in [6.07, 6.45) is 0.111. The van der Waals surface area contributed by atoms with E-state index in [-0.39, 0.29) is 6.42 Å². The van der Waals surface area contributed by atoms with Crippen LogP contribution in [0.4, 0.5) is 0 Å². The molecule has 1 heterocycles. The molecule has 1 aliphatic carbocycles. The molecule has 2 rings (SSSR count). The Kier molecular flexibility index (Phi) is 0.828. The molecule has 5 nitrogen and oxygen atoms in total. The zero-order valence-corrected chi connectivity index (χ0v) is 5.36. The second kappa shape index (κ2) is 1.44. The Morgan fingerprint density at radius 3 is 2.45 bits per heavy atom. The van der Waals surface area contributed by atoms with Crippen LogP contribution < -0.4 is 0 Å². The summed E-state index contributed by atoms with van der Waals surface area (Å²) in [7, 11) is 0. The van der Waals surface area contributed by atoms with E-state index in [2.05, 4.69) is 4.74 Å². The van der Waals surface area contributed by atoms with Gasteiger partial charge in [-0.3, -0.25) is 14.4 Å². The Hall–Kier alpha value is -1.39. The van der Waals surface area contributed by atoms with Gasteiger partial charge in [0.1, 0.15) is 0 Å². The molecule has 0 amide bonds. The molecular formula is C6H4O5. The van der Waals surface area contributed by atoms with E-state index in [1.807, 2.05) is 0 Å². The highest BCUT2D eigenvalue weighted by Gasteiger charge is 2.76. The smallest absolute Gasteiger partial charge is 0.332 e. The standard InChI is InChI=1S/C6H4O5/c7-3-2-1-6(2,4(8)9)5(10)11-3/h2H,1H2,(H,8,9). The fourth-order valence-electron chi connectivity index (χ4n) is 1.35. The molecule has 1 saturated carbocycles. The van der Waals surface area contributed by atoms with Crippen LogP contribution in [0, 0.1) is 11.3 Å². The van der Waals surface area contributed by atoms with Crippen molar-refractivity contribution in [2.45, 2.75) is 6.42 Å². The SMILES string of the molecule is O=C1OC(=O)C2(C(=O)O)CC12. The predicted octanol–water partition coefficient (Wildman–Crippen LogP) is -0.839. The van der Waals surface area contributed by atoms with Gasteiger partial charge in [0.2, 0.25) is 0 Å². The van der Waals surface area contributed by atoms with Crippen LogP contribution in [0.2, 0.25) is 0 Å². The Labute approximate surface area is 60.9 Å². The van der Waals surface area contributed by atoms with Gasteiger partial charge >= 0.3 is 17.9 Å². The van der Waals surface area contributed by atoms with Gasteiger partial charge in [-0.1, -0.05) is 0 Å². The minimum absolute atomic E-state index is 0.111. The normalized spacial score (nSPS) is 39.8. The second-order valence-electron chi connectivity index (χ2n) is 2.74. The molecule has 0 aromatic rings. The van der Waals surface area contributed by atoms with Crippen molar-refractivity contribution < 1.29 is 24.2 Å². The van der Waals surface area contributed by atoms with E-state index in [9.17, 15) is 14.4 Å². The van der Waals surface area contributed by atoms with Gasteiger partial charge < -0.3 is 9.84 Å². The monoisotopic (exact) mass is 156 g/mol. The van der Waals surface area contributed by atoms with Crippen LogP contribution >= 0.6 is 0 Å². The van der Waals surface area contributed by atoms with E-state index in [0.29, 0.717) is 0 Å². The van der Waals surface area contributed by atoms with Gasteiger partial charge in [0, 0.05) is 0 Å². The number of carboxylic acid groups (broad SMARTS) is 1. The van der Waals surface area contributed by atoms with E-state index in [0.717, 1.165) is 0 Å². The molecular weight excluding hydrogens is 152 g/mol. The summed E-state index contributed by atoms with van der Waals surface area (Å²) < 4.78 is 4.13. The quantitative estimate of drug-likeness (QED) is 0.395. The van der Waals surface area contributed by atoms with E-state index in [1.165, 1.54) is 0 Å². The highest BCUT2D eigenvalue weighted by molar-refractivity contribution is 6.16. The third kappa shape index (κ3) is 0.493. The van der Waals surface area contributed by atoms with E-state index in [4.69, 9.17) is 5.11 Å². The van der Waals surface area contributed by atoms with Crippen molar-refractivity contribution in [1.29, 1.82) is 0 Å². The van der Waals surface area contributed by atoms with Crippen LogP contribution in [-0.2, 0) is 19.1 Å². The Morgan fingerprint density at radius 2 is 2.27 bits per heavy atom. The molecule has 2 fully saturated rings.